The van der Waals surface area contributed by atoms with Crippen molar-refractivity contribution in [3.8, 4) is 5.75 Å². The highest BCUT2D eigenvalue weighted by molar-refractivity contribution is 7.16. The van der Waals surface area contributed by atoms with Gasteiger partial charge in [0.1, 0.15) is 11.3 Å². The number of benzene rings is 2. The van der Waals surface area contributed by atoms with Gasteiger partial charge in [-0.05, 0) is 64.1 Å². The van der Waals surface area contributed by atoms with Crippen LogP contribution in [0.3, 0.4) is 0 Å². The molecular formula is C24H31N3O3S. The molecule has 0 aliphatic carbocycles. The summed E-state index contributed by atoms with van der Waals surface area (Å²) in [4.78, 5) is 20.3. The molecule has 1 aromatic heterocycles. The van der Waals surface area contributed by atoms with Crippen molar-refractivity contribution in [3.63, 3.8) is 0 Å². The van der Waals surface area contributed by atoms with Crippen LogP contribution < -0.4 is 14.4 Å². The summed E-state index contributed by atoms with van der Waals surface area (Å²) in [5.74, 6) is 0.547. The van der Waals surface area contributed by atoms with Crippen molar-refractivity contribution >= 4 is 33.1 Å². The van der Waals surface area contributed by atoms with Crippen LogP contribution in [0.4, 0.5) is 5.69 Å². The van der Waals surface area contributed by atoms with Crippen LogP contribution in [-0.4, -0.2) is 43.4 Å². The van der Waals surface area contributed by atoms with Crippen LogP contribution in [-0.2, 0) is 11.3 Å². The smallest absolute Gasteiger partial charge is 0.279 e. The maximum absolute atomic E-state index is 13.0. The molecule has 0 saturated heterocycles. The van der Waals surface area contributed by atoms with E-state index in [0.29, 0.717) is 36.7 Å². The highest BCUT2D eigenvalue weighted by Crippen LogP contribution is 2.27. The van der Waals surface area contributed by atoms with E-state index in [1.807, 2.05) is 60.9 Å². The van der Waals surface area contributed by atoms with Crippen molar-refractivity contribution in [2.45, 2.75) is 34.2 Å². The first-order valence-corrected chi connectivity index (χ1v) is 11.7. The Morgan fingerprint density at radius 1 is 1.03 bits per heavy atom. The van der Waals surface area contributed by atoms with Crippen molar-refractivity contribution < 1.29 is 14.3 Å². The van der Waals surface area contributed by atoms with E-state index in [4.69, 9.17) is 9.47 Å². The van der Waals surface area contributed by atoms with Crippen molar-refractivity contribution in [2.75, 3.05) is 37.8 Å². The maximum atomic E-state index is 13.0. The van der Waals surface area contributed by atoms with Crippen LogP contribution in [0.5, 0.6) is 5.75 Å². The molecule has 0 radical (unpaired) electrons. The molecule has 0 aliphatic heterocycles. The number of rotatable bonds is 10. The van der Waals surface area contributed by atoms with E-state index in [-0.39, 0.29) is 5.91 Å². The lowest BCUT2D eigenvalue weighted by molar-refractivity contribution is 0.0996. The zero-order valence-corrected chi connectivity index (χ0v) is 19.6. The summed E-state index contributed by atoms with van der Waals surface area (Å²) in [7, 11) is 0. The molecule has 2 aromatic carbocycles. The number of ether oxygens (including phenoxy) is 2. The summed E-state index contributed by atoms with van der Waals surface area (Å²) >= 11 is 1.49. The van der Waals surface area contributed by atoms with E-state index in [1.54, 1.807) is 0 Å². The number of fused-ring (bicyclic) bond motifs is 1. The first-order valence-electron chi connectivity index (χ1n) is 10.9. The minimum Gasteiger partial charge on any atom is -0.492 e. The molecule has 3 rings (SSSR count). The Bertz CT molecular complexity index is 1070. The topological polar surface area (TPSA) is 56.1 Å². The monoisotopic (exact) mass is 441 g/mol. The Morgan fingerprint density at radius 3 is 2.42 bits per heavy atom. The highest BCUT2D eigenvalue weighted by Gasteiger charge is 2.14. The third-order valence-electron chi connectivity index (χ3n) is 5.07. The molecular weight excluding hydrogens is 410 g/mol. The van der Waals surface area contributed by atoms with Gasteiger partial charge in [-0.25, -0.2) is 0 Å². The number of carbonyl (C=O) groups is 1. The van der Waals surface area contributed by atoms with Crippen LogP contribution in [0, 0.1) is 0 Å². The lowest BCUT2D eigenvalue weighted by Gasteiger charge is -2.20. The van der Waals surface area contributed by atoms with E-state index in [2.05, 4.69) is 23.7 Å². The van der Waals surface area contributed by atoms with Crippen molar-refractivity contribution in [1.29, 1.82) is 0 Å². The Morgan fingerprint density at radius 2 is 1.77 bits per heavy atom. The fourth-order valence-corrected chi connectivity index (χ4v) is 4.59. The molecule has 166 valence electrons. The molecule has 1 heterocycles. The number of carbonyl (C=O) groups excluding carboxylic acids is 1. The van der Waals surface area contributed by atoms with Crippen LogP contribution >= 0.6 is 11.3 Å². The molecule has 1 amide bonds. The average Bonchev–Trinajstić information content (AvgIpc) is 3.13. The SMILES string of the molecule is CCOCCn1c(=NC(=O)c2ccc(N(CC)CC)cc2)sc2cccc(OCC)c21. The molecule has 0 N–H and O–H groups in total. The second-order valence-electron chi connectivity index (χ2n) is 6.91. The fourth-order valence-electron chi connectivity index (χ4n) is 3.52. The Kier molecular flexibility index (Phi) is 8.26. The molecule has 0 bridgehead atoms. The second kappa shape index (κ2) is 11.1. The number of nitrogens with zero attached hydrogens (tertiary/aromatic N) is 3. The molecule has 0 spiro atoms. The van der Waals surface area contributed by atoms with Gasteiger partial charge in [-0.3, -0.25) is 4.79 Å². The number of para-hydroxylation sites is 1. The van der Waals surface area contributed by atoms with Gasteiger partial charge < -0.3 is 18.9 Å². The summed E-state index contributed by atoms with van der Waals surface area (Å²) < 4.78 is 14.5. The van der Waals surface area contributed by atoms with E-state index in [0.717, 1.165) is 34.7 Å². The molecule has 7 heteroatoms. The van der Waals surface area contributed by atoms with E-state index in [1.165, 1.54) is 11.3 Å². The number of hydrogen-bond acceptors (Lipinski definition) is 5. The molecule has 31 heavy (non-hydrogen) atoms. The van der Waals surface area contributed by atoms with Gasteiger partial charge in [0.2, 0.25) is 0 Å². The standard InChI is InChI=1S/C24H31N3O3S/c1-5-26(6-2)19-14-12-18(13-15-19)23(28)25-24-27(16-17-29-7-3)22-20(30-8-4)10-9-11-21(22)31-24/h9-15H,5-8,16-17H2,1-4H3. The van der Waals surface area contributed by atoms with Crippen molar-refractivity contribution in [1.82, 2.24) is 4.57 Å². The molecule has 0 unspecified atom stereocenters. The van der Waals surface area contributed by atoms with Gasteiger partial charge in [0.15, 0.2) is 4.80 Å². The predicted molar refractivity (Wildman–Crippen MR) is 127 cm³/mol. The largest absolute Gasteiger partial charge is 0.492 e. The lowest BCUT2D eigenvalue weighted by atomic mass is 10.2. The summed E-state index contributed by atoms with van der Waals surface area (Å²) in [6, 6.07) is 13.6. The number of anilines is 1. The average molecular weight is 442 g/mol. The first kappa shape index (κ1) is 23.0. The van der Waals surface area contributed by atoms with E-state index < -0.39 is 0 Å². The minimum atomic E-state index is -0.249. The lowest BCUT2D eigenvalue weighted by Crippen LogP contribution is -2.22. The second-order valence-corrected chi connectivity index (χ2v) is 7.91. The zero-order chi connectivity index (χ0) is 22.2. The summed E-state index contributed by atoms with van der Waals surface area (Å²) in [5.41, 5.74) is 2.64. The van der Waals surface area contributed by atoms with Gasteiger partial charge in [-0.15, -0.1) is 0 Å². The van der Waals surface area contributed by atoms with Gasteiger partial charge in [0.25, 0.3) is 5.91 Å². The number of amides is 1. The van der Waals surface area contributed by atoms with E-state index in [9.17, 15) is 4.79 Å². The zero-order valence-electron chi connectivity index (χ0n) is 18.8. The highest BCUT2D eigenvalue weighted by atomic mass is 32.1. The number of aromatic nitrogens is 1. The first-order chi connectivity index (χ1) is 15.1. The normalized spacial score (nSPS) is 11.8. The third-order valence-corrected chi connectivity index (χ3v) is 6.11. The van der Waals surface area contributed by atoms with Crippen LogP contribution in [0.2, 0.25) is 0 Å². The molecule has 0 fully saturated rings. The molecule has 0 aliphatic rings. The Hall–Kier alpha value is -2.64. The summed E-state index contributed by atoms with van der Waals surface area (Å²) in [6.07, 6.45) is 0. The van der Waals surface area contributed by atoms with Crippen molar-refractivity contribution in [3.05, 3.63) is 52.8 Å². The molecule has 3 aromatic rings. The van der Waals surface area contributed by atoms with Gasteiger partial charge in [-0.1, -0.05) is 17.4 Å². The van der Waals surface area contributed by atoms with Crippen molar-refractivity contribution in [2.24, 2.45) is 4.99 Å². The maximum Gasteiger partial charge on any atom is 0.279 e. The van der Waals surface area contributed by atoms with Gasteiger partial charge in [-0.2, -0.15) is 4.99 Å². The molecule has 0 saturated carbocycles. The fraction of sp³-hybridized carbons (Fsp3) is 0.417. The van der Waals surface area contributed by atoms with Gasteiger partial charge in [0, 0.05) is 37.5 Å². The number of hydrogen-bond donors (Lipinski definition) is 0. The van der Waals surface area contributed by atoms with E-state index >= 15 is 0 Å². The van der Waals surface area contributed by atoms with Crippen LogP contribution in [0.15, 0.2) is 47.5 Å². The number of thiazole rings is 1. The summed E-state index contributed by atoms with van der Waals surface area (Å²) in [6.45, 7) is 12.4. The van der Waals surface area contributed by atoms with Crippen LogP contribution in [0.1, 0.15) is 38.1 Å². The summed E-state index contributed by atoms with van der Waals surface area (Å²) in [5, 5.41) is 0. The molecule has 0 atom stereocenters. The van der Waals surface area contributed by atoms with Gasteiger partial charge in [0.05, 0.1) is 17.9 Å². The minimum absolute atomic E-state index is 0.249. The third kappa shape index (κ3) is 5.35. The van der Waals surface area contributed by atoms with Crippen LogP contribution in [0.25, 0.3) is 10.2 Å². The predicted octanol–water partition coefficient (Wildman–Crippen LogP) is 4.73. The van der Waals surface area contributed by atoms with Gasteiger partial charge >= 0.3 is 0 Å². The quantitative estimate of drug-likeness (QED) is 0.427. The Labute approximate surface area is 187 Å². The molecule has 6 nitrogen and oxygen atoms in total. The Balaban J connectivity index is 2.01.